The maximum absolute atomic E-state index is 11.8. The molecular formula is C20H27ClN6O. The monoisotopic (exact) mass is 402 g/mol. The lowest BCUT2D eigenvalue weighted by Crippen LogP contribution is -2.29. The van der Waals surface area contributed by atoms with Crippen LogP contribution in [0.15, 0.2) is 24.3 Å². The minimum Gasteiger partial charge on any atom is -0.365 e. The van der Waals surface area contributed by atoms with Gasteiger partial charge in [0.05, 0.1) is 0 Å². The summed E-state index contributed by atoms with van der Waals surface area (Å²) in [5, 5.41) is 6.39. The standard InChI is InChI=1S/C20H27ClN6O/c1-12(2)23-20-17(21)25-16(18(22)28)19(26-20)24-15-6-4-13(5-7-15)14-8-10-27(3)11-9-14/h4-7,12,14H,8-11H2,1-3H3,(H2,22,28)(H2,23,24,26). The average molecular weight is 403 g/mol. The molecule has 2 heterocycles. The van der Waals surface area contributed by atoms with Crippen molar-refractivity contribution in [3.05, 3.63) is 40.7 Å². The molecule has 28 heavy (non-hydrogen) atoms. The topological polar surface area (TPSA) is 96.2 Å². The molecule has 2 aromatic rings. The van der Waals surface area contributed by atoms with Gasteiger partial charge in [0.2, 0.25) is 0 Å². The molecule has 0 aliphatic carbocycles. The van der Waals surface area contributed by atoms with E-state index in [9.17, 15) is 4.79 Å². The molecule has 1 aliphatic rings. The van der Waals surface area contributed by atoms with Crippen molar-refractivity contribution in [3.8, 4) is 0 Å². The Bertz CT molecular complexity index is 831. The Balaban J connectivity index is 1.81. The number of primary amides is 1. The van der Waals surface area contributed by atoms with Crippen LogP contribution in [0.1, 0.15) is 48.7 Å². The third kappa shape index (κ3) is 4.91. The minimum absolute atomic E-state index is 0.0127. The molecule has 0 bridgehead atoms. The first kappa shape index (κ1) is 20.4. The molecule has 1 fully saturated rings. The zero-order valence-corrected chi connectivity index (χ0v) is 17.3. The van der Waals surface area contributed by atoms with Gasteiger partial charge in [0.25, 0.3) is 5.91 Å². The minimum atomic E-state index is -0.684. The highest BCUT2D eigenvalue weighted by atomic mass is 35.5. The lowest BCUT2D eigenvalue weighted by Gasteiger charge is -2.29. The molecule has 0 unspecified atom stereocenters. The van der Waals surface area contributed by atoms with E-state index in [1.165, 1.54) is 18.4 Å². The number of carbonyl (C=O) groups excluding carboxylic acids is 1. The van der Waals surface area contributed by atoms with E-state index in [0.29, 0.717) is 11.7 Å². The Morgan fingerprint density at radius 1 is 1.18 bits per heavy atom. The molecule has 1 saturated heterocycles. The number of anilines is 3. The summed E-state index contributed by atoms with van der Waals surface area (Å²) >= 11 is 6.13. The summed E-state index contributed by atoms with van der Waals surface area (Å²) in [6.45, 7) is 6.18. The Morgan fingerprint density at radius 3 is 2.39 bits per heavy atom. The van der Waals surface area contributed by atoms with E-state index < -0.39 is 5.91 Å². The predicted octanol–water partition coefficient (Wildman–Crippen LogP) is 3.60. The summed E-state index contributed by atoms with van der Waals surface area (Å²) in [7, 11) is 2.16. The second kappa shape index (κ2) is 8.75. The van der Waals surface area contributed by atoms with Gasteiger partial charge in [0.1, 0.15) is 0 Å². The van der Waals surface area contributed by atoms with E-state index in [1.807, 2.05) is 26.0 Å². The molecule has 1 aliphatic heterocycles. The second-order valence-corrected chi connectivity index (χ2v) is 7.91. The lowest BCUT2D eigenvalue weighted by atomic mass is 9.89. The average Bonchev–Trinajstić information content (AvgIpc) is 2.65. The van der Waals surface area contributed by atoms with Gasteiger partial charge in [-0.2, -0.15) is 0 Å². The van der Waals surface area contributed by atoms with Gasteiger partial charge in [0, 0.05) is 11.7 Å². The van der Waals surface area contributed by atoms with Crippen molar-refractivity contribution in [1.29, 1.82) is 0 Å². The number of carbonyl (C=O) groups is 1. The van der Waals surface area contributed by atoms with E-state index >= 15 is 0 Å². The number of benzene rings is 1. The largest absolute Gasteiger partial charge is 0.365 e. The molecule has 1 amide bonds. The third-order valence-electron chi connectivity index (χ3n) is 4.88. The van der Waals surface area contributed by atoms with Crippen LogP contribution >= 0.6 is 11.6 Å². The van der Waals surface area contributed by atoms with Crippen LogP contribution in [0.5, 0.6) is 0 Å². The summed E-state index contributed by atoms with van der Waals surface area (Å²) in [5.41, 5.74) is 7.61. The Kier molecular flexibility index (Phi) is 6.36. The lowest BCUT2D eigenvalue weighted by molar-refractivity contribution is 0.0996. The first-order valence-corrected chi connectivity index (χ1v) is 9.90. The number of nitrogens with zero attached hydrogens (tertiary/aromatic N) is 3. The van der Waals surface area contributed by atoms with Crippen LogP contribution in [0.2, 0.25) is 5.15 Å². The van der Waals surface area contributed by atoms with Crippen molar-refractivity contribution in [2.45, 2.75) is 38.6 Å². The van der Waals surface area contributed by atoms with Crippen LogP contribution in [0.25, 0.3) is 0 Å². The molecule has 150 valence electrons. The summed E-state index contributed by atoms with van der Waals surface area (Å²) in [6, 6.07) is 8.35. The number of amides is 1. The smallest absolute Gasteiger partial charge is 0.271 e. The van der Waals surface area contributed by atoms with Crippen molar-refractivity contribution < 1.29 is 4.79 Å². The summed E-state index contributed by atoms with van der Waals surface area (Å²) in [6.07, 6.45) is 2.34. The fourth-order valence-corrected chi connectivity index (χ4v) is 3.54. The number of hydrogen-bond acceptors (Lipinski definition) is 6. The number of aromatic nitrogens is 2. The highest BCUT2D eigenvalue weighted by Gasteiger charge is 2.19. The van der Waals surface area contributed by atoms with Gasteiger partial charge in [-0.25, -0.2) is 9.97 Å². The quantitative estimate of drug-likeness (QED) is 0.683. The van der Waals surface area contributed by atoms with E-state index in [0.717, 1.165) is 18.8 Å². The molecule has 4 N–H and O–H groups in total. The molecule has 0 atom stereocenters. The number of halogens is 1. The van der Waals surface area contributed by atoms with Crippen LogP contribution in [0.4, 0.5) is 17.3 Å². The number of likely N-dealkylation sites (tertiary alicyclic amines) is 1. The number of rotatable bonds is 6. The predicted molar refractivity (Wildman–Crippen MR) is 114 cm³/mol. The van der Waals surface area contributed by atoms with Crippen LogP contribution in [0, 0.1) is 0 Å². The highest BCUT2D eigenvalue weighted by molar-refractivity contribution is 6.32. The summed E-state index contributed by atoms with van der Waals surface area (Å²) < 4.78 is 0. The van der Waals surface area contributed by atoms with Crippen molar-refractivity contribution in [2.24, 2.45) is 5.73 Å². The van der Waals surface area contributed by atoms with Crippen molar-refractivity contribution in [3.63, 3.8) is 0 Å². The van der Waals surface area contributed by atoms with Crippen molar-refractivity contribution in [1.82, 2.24) is 14.9 Å². The van der Waals surface area contributed by atoms with Gasteiger partial charge in [-0.3, -0.25) is 4.79 Å². The highest BCUT2D eigenvalue weighted by Crippen LogP contribution is 2.30. The summed E-state index contributed by atoms with van der Waals surface area (Å²) in [4.78, 5) is 22.7. The Morgan fingerprint density at radius 2 is 1.82 bits per heavy atom. The van der Waals surface area contributed by atoms with Crippen molar-refractivity contribution >= 4 is 34.8 Å². The number of nitrogens with one attached hydrogen (secondary N) is 2. The molecule has 3 rings (SSSR count). The van der Waals surface area contributed by atoms with Crippen LogP contribution in [0.3, 0.4) is 0 Å². The number of hydrogen-bond donors (Lipinski definition) is 3. The van der Waals surface area contributed by atoms with Gasteiger partial charge < -0.3 is 21.3 Å². The Labute approximate surface area is 170 Å². The zero-order valence-electron chi connectivity index (χ0n) is 16.5. The normalized spacial score (nSPS) is 15.6. The third-order valence-corrected chi connectivity index (χ3v) is 5.14. The van der Waals surface area contributed by atoms with E-state index in [1.54, 1.807) is 0 Å². The fraction of sp³-hybridized carbons (Fsp3) is 0.450. The molecule has 8 heteroatoms. The molecule has 0 radical (unpaired) electrons. The summed E-state index contributed by atoms with van der Waals surface area (Å²) in [5.74, 6) is 0.596. The van der Waals surface area contributed by atoms with Crippen LogP contribution < -0.4 is 16.4 Å². The first-order valence-electron chi connectivity index (χ1n) is 9.53. The molecular weight excluding hydrogens is 376 g/mol. The molecule has 0 saturated carbocycles. The molecule has 1 aromatic heterocycles. The van der Waals surface area contributed by atoms with Gasteiger partial charge in [-0.05, 0) is 70.4 Å². The zero-order chi connectivity index (χ0) is 20.3. The number of piperidine rings is 1. The Hall–Kier alpha value is -2.38. The number of nitrogens with two attached hydrogens (primary N) is 1. The molecule has 7 nitrogen and oxygen atoms in total. The van der Waals surface area contributed by atoms with Gasteiger partial charge in [0.15, 0.2) is 22.5 Å². The van der Waals surface area contributed by atoms with Gasteiger partial charge in [-0.15, -0.1) is 0 Å². The van der Waals surface area contributed by atoms with Gasteiger partial charge in [-0.1, -0.05) is 23.7 Å². The second-order valence-electron chi connectivity index (χ2n) is 7.55. The van der Waals surface area contributed by atoms with Crippen molar-refractivity contribution in [2.75, 3.05) is 30.8 Å². The van der Waals surface area contributed by atoms with E-state index in [4.69, 9.17) is 17.3 Å². The van der Waals surface area contributed by atoms with Gasteiger partial charge >= 0.3 is 0 Å². The molecule has 0 spiro atoms. The van der Waals surface area contributed by atoms with Crippen LogP contribution in [-0.4, -0.2) is 47.0 Å². The maximum Gasteiger partial charge on any atom is 0.271 e. The fourth-order valence-electron chi connectivity index (χ4n) is 3.36. The van der Waals surface area contributed by atoms with E-state index in [-0.39, 0.29) is 22.7 Å². The molecule has 1 aromatic carbocycles. The SMILES string of the molecule is CC(C)Nc1nc(Nc2ccc(C3CCN(C)CC3)cc2)c(C(N)=O)nc1Cl. The first-order chi connectivity index (χ1) is 13.3. The van der Waals surface area contributed by atoms with E-state index in [2.05, 4.69) is 44.7 Å². The van der Waals surface area contributed by atoms with Crippen LogP contribution in [-0.2, 0) is 0 Å². The maximum atomic E-state index is 11.8.